The molecule has 2 fully saturated rings. The van der Waals surface area contributed by atoms with Crippen LogP contribution in [0, 0.1) is 0 Å². The number of rotatable bonds is 6. The van der Waals surface area contributed by atoms with E-state index in [4.69, 9.17) is 19.4 Å². The van der Waals surface area contributed by atoms with Crippen molar-refractivity contribution in [3.8, 4) is 44.2 Å². The van der Waals surface area contributed by atoms with Gasteiger partial charge in [0, 0.05) is 50.3 Å². The van der Waals surface area contributed by atoms with E-state index in [9.17, 15) is 9.59 Å². The van der Waals surface area contributed by atoms with Crippen molar-refractivity contribution >= 4 is 57.5 Å². The molecule has 4 aliphatic heterocycles. The van der Waals surface area contributed by atoms with Gasteiger partial charge < -0.3 is 29.1 Å². The first-order valence-electron chi connectivity index (χ1n) is 18.2. The Hall–Kier alpha value is -5.70. The zero-order chi connectivity index (χ0) is 38.6. The number of aromatic amines is 2. The van der Waals surface area contributed by atoms with Gasteiger partial charge in [-0.25, -0.2) is 29.9 Å². The van der Waals surface area contributed by atoms with Gasteiger partial charge in [0.15, 0.2) is 23.3 Å². The lowest BCUT2D eigenvalue weighted by atomic mass is 9.89. The Labute approximate surface area is 329 Å². The number of fused-ring (bicyclic) bond motifs is 6. The molecule has 18 nitrogen and oxygen atoms in total. The number of morpholine rings is 2. The number of carbonyl (C=O) groups is 2. The minimum atomic E-state index is -0.722. The Bertz CT molecular complexity index is 2230. The summed E-state index contributed by atoms with van der Waals surface area (Å²) in [4.78, 5) is 61.2. The number of hydrogen-bond donors (Lipinski definition) is 2. The molecule has 10 heterocycles. The Kier molecular flexibility index (Phi) is 9.06. The van der Waals surface area contributed by atoms with Crippen molar-refractivity contribution in [2.45, 2.75) is 37.8 Å². The van der Waals surface area contributed by atoms with Crippen molar-refractivity contribution in [2.75, 3.05) is 73.2 Å². The third kappa shape index (κ3) is 5.49. The van der Waals surface area contributed by atoms with E-state index in [1.54, 1.807) is 61.1 Å². The molecule has 10 rings (SSSR count). The van der Waals surface area contributed by atoms with E-state index in [-0.39, 0.29) is 11.8 Å². The number of carbonyl (C=O) groups excluding carboxylic acids is 2. The van der Waals surface area contributed by atoms with Crippen LogP contribution in [0.3, 0.4) is 0 Å². The SMILES string of the molecule is CC[C@@]12COCCN1c1nc(-c3cn[nH]c3-c3nccs3)ncc1N(C)C2=O.CC[C@]12COCCN1c1nc(-c3cn[nH]c3-c3nccs3)ncc1N(C)C2=O. The monoisotopic (exact) mass is 794 g/mol. The van der Waals surface area contributed by atoms with Crippen LogP contribution in [-0.4, -0.2) is 127 Å². The summed E-state index contributed by atoms with van der Waals surface area (Å²) in [5.41, 5.74) is 3.12. The number of likely N-dealkylation sites (N-methyl/N-ethyl adjacent to an activating group) is 2. The normalized spacial score (nSPS) is 21.6. The maximum absolute atomic E-state index is 13.1. The third-order valence-corrected chi connectivity index (χ3v) is 12.6. The highest BCUT2D eigenvalue weighted by Crippen LogP contribution is 2.44. The van der Waals surface area contributed by atoms with E-state index in [0.29, 0.717) is 75.4 Å². The second kappa shape index (κ2) is 14.1. The summed E-state index contributed by atoms with van der Waals surface area (Å²) >= 11 is 3.04. The summed E-state index contributed by atoms with van der Waals surface area (Å²) in [6, 6.07) is 0. The summed E-state index contributed by atoms with van der Waals surface area (Å²) in [5, 5.41) is 19.8. The fraction of sp³-hybridized carbons (Fsp3) is 0.389. The quantitative estimate of drug-likeness (QED) is 0.246. The molecule has 0 aliphatic carbocycles. The lowest BCUT2D eigenvalue weighted by Gasteiger charge is -2.51. The third-order valence-electron chi connectivity index (χ3n) is 11.0. The Morgan fingerprint density at radius 3 is 1.52 bits per heavy atom. The van der Waals surface area contributed by atoms with Gasteiger partial charge in [0.2, 0.25) is 0 Å². The van der Waals surface area contributed by atoms with Crippen LogP contribution in [0.5, 0.6) is 0 Å². The number of thiazole rings is 2. The van der Waals surface area contributed by atoms with Gasteiger partial charge >= 0.3 is 0 Å². The Balaban J connectivity index is 0.000000146. The van der Waals surface area contributed by atoms with Gasteiger partial charge in [0.05, 0.1) is 62.3 Å². The largest absolute Gasteiger partial charge is 0.377 e. The zero-order valence-electron chi connectivity index (χ0n) is 31.1. The number of aromatic nitrogens is 10. The summed E-state index contributed by atoms with van der Waals surface area (Å²) < 4.78 is 11.4. The Morgan fingerprint density at radius 1 is 0.679 bits per heavy atom. The van der Waals surface area contributed by atoms with Crippen LogP contribution in [0.4, 0.5) is 23.0 Å². The van der Waals surface area contributed by atoms with Gasteiger partial charge in [-0.2, -0.15) is 10.2 Å². The summed E-state index contributed by atoms with van der Waals surface area (Å²) in [6.45, 7) is 7.10. The van der Waals surface area contributed by atoms with Gasteiger partial charge in [-0.1, -0.05) is 13.8 Å². The average Bonchev–Trinajstić information content (AvgIpc) is 4.10. The van der Waals surface area contributed by atoms with Crippen LogP contribution in [0.25, 0.3) is 44.2 Å². The topological polar surface area (TPSA) is 200 Å². The van der Waals surface area contributed by atoms with E-state index in [1.165, 1.54) is 22.7 Å². The molecule has 2 atom stereocenters. The molecule has 56 heavy (non-hydrogen) atoms. The first-order valence-corrected chi connectivity index (χ1v) is 20.0. The molecule has 4 aliphatic rings. The number of hydrogen-bond acceptors (Lipinski definition) is 16. The van der Waals surface area contributed by atoms with Crippen molar-refractivity contribution in [3.63, 3.8) is 0 Å². The first kappa shape index (κ1) is 36.0. The zero-order valence-corrected chi connectivity index (χ0v) is 32.7. The van der Waals surface area contributed by atoms with E-state index < -0.39 is 11.1 Å². The van der Waals surface area contributed by atoms with Gasteiger partial charge in [-0.05, 0) is 12.8 Å². The molecule has 288 valence electrons. The standard InChI is InChI=1S/2C18H19N7O2S/c2*1-3-18-10-27-6-5-25(18)15-12(24(2)17(18)26)9-20-14(22-15)11-8-21-23-13(11)16-19-4-7-28-16/h2*4,7-9H,3,5-6,10H2,1-2H3,(H,21,23)/t2*18-/m10/s1. The van der Waals surface area contributed by atoms with Crippen molar-refractivity contribution in [2.24, 2.45) is 0 Å². The summed E-state index contributed by atoms with van der Waals surface area (Å²) in [5.74, 6) is 2.65. The van der Waals surface area contributed by atoms with Crippen LogP contribution < -0.4 is 19.6 Å². The molecule has 2 N–H and O–H groups in total. The summed E-state index contributed by atoms with van der Waals surface area (Å²) in [7, 11) is 3.54. The molecule has 20 heteroatoms. The second-order valence-corrected chi connectivity index (χ2v) is 15.5. The average molecular weight is 795 g/mol. The lowest BCUT2D eigenvalue weighted by molar-refractivity contribution is -0.129. The molecule has 6 aromatic heterocycles. The Morgan fingerprint density at radius 2 is 1.12 bits per heavy atom. The van der Waals surface area contributed by atoms with Gasteiger partial charge in [0.1, 0.15) is 43.9 Å². The van der Waals surface area contributed by atoms with E-state index >= 15 is 0 Å². The number of anilines is 4. The van der Waals surface area contributed by atoms with E-state index in [2.05, 4.69) is 50.1 Å². The second-order valence-electron chi connectivity index (χ2n) is 13.7. The highest BCUT2D eigenvalue weighted by atomic mass is 32.1. The number of H-pyrrole nitrogens is 2. The van der Waals surface area contributed by atoms with E-state index in [1.807, 2.05) is 24.6 Å². The number of amides is 2. The van der Waals surface area contributed by atoms with Gasteiger partial charge in [0.25, 0.3) is 11.8 Å². The minimum absolute atomic E-state index is 0.0188. The van der Waals surface area contributed by atoms with Crippen molar-refractivity contribution < 1.29 is 19.1 Å². The fourth-order valence-electron chi connectivity index (χ4n) is 7.87. The van der Waals surface area contributed by atoms with Crippen molar-refractivity contribution in [1.82, 2.24) is 50.3 Å². The van der Waals surface area contributed by atoms with Gasteiger partial charge in [-0.15, -0.1) is 22.7 Å². The smallest absolute Gasteiger partial charge is 0.255 e. The van der Waals surface area contributed by atoms with Crippen molar-refractivity contribution in [3.05, 3.63) is 47.9 Å². The van der Waals surface area contributed by atoms with Crippen LogP contribution >= 0.6 is 22.7 Å². The summed E-state index contributed by atoms with van der Waals surface area (Å²) in [6.07, 6.45) is 11.6. The predicted octanol–water partition coefficient (Wildman–Crippen LogP) is 3.90. The van der Waals surface area contributed by atoms with Crippen LogP contribution in [0.1, 0.15) is 26.7 Å². The minimum Gasteiger partial charge on any atom is -0.377 e. The number of nitrogens with one attached hydrogen (secondary N) is 2. The molecule has 6 aromatic rings. The number of ether oxygens (including phenoxy) is 2. The highest BCUT2D eigenvalue weighted by molar-refractivity contribution is 7.13. The molecular weight excluding hydrogens is 757 g/mol. The highest BCUT2D eigenvalue weighted by Gasteiger charge is 2.53. The van der Waals surface area contributed by atoms with Gasteiger partial charge in [-0.3, -0.25) is 19.8 Å². The van der Waals surface area contributed by atoms with Crippen LogP contribution in [0.2, 0.25) is 0 Å². The van der Waals surface area contributed by atoms with E-state index in [0.717, 1.165) is 44.2 Å². The van der Waals surface area contributed by atoms with Crippen molar-refractivity contribution in [1.29, 1.82) is 0 Å². The lowest BCUT2D eigenvalue weighted by Crippen LogP contribution is -2.68. The molecule has 0 spiro atoms. The van der Waals surface area contributed by atoms with Crippen LogP contribution in [-0.2, 0) is 19.1 Å². The fourth-order valence-corrected chi connectivity index (χ4v) is 9.17. The molecule has 0 saturated carbocycles. The predicted molar refractivity (Wildman–Crippen MR) is 211 cm³/mol. The first-order chi connectivity index (χ1) is 27.3. The molecule has 0 aromatic carbocycles. The molecule has 0 radical (unpaired) electrons. The maximum atomic E-state index is 13.1. The molecule has 0 bridgehead atoms. The van der Waals surface area contributed by atoms with Crippen LogP contribution in [0.15, 0.2) is 47.9 Å². The molecule has 2 saturated heterocycles. The number of nitrogens with zero attached hydrogens (tertiary/aromatic N) is 12. The maximum Gasteiger partial charge on any atom is 0.255 e. The molecular formula is C36H38N14O4S2. The molecule has 2 amide bonds. The molecule has 0 unspecified atom stereocenters.